The van der Waals surface area contributed by atoms with Crippen LogP contribution in [-0.2, 0) is 0 Å². The van der Waals surface area contributed by atoms with Gasteiger partial charge in [0.1, 0.15) is 6.17 Å². The summed E-state index contributed by atoms with van der Waals surface area (Å²) in [6, 6.07) is 8.72. The molecule has 2 aliphatic heterocycles. The van der Waals surface area contributed by atoms with Gasteiger partial charge in [0.15, 0.2) is 0 Å². The molecule has 0 spiro atoms. The van der Waals surface area contributed by atoms with Crippen molar-refractivity contribution < 1.29 is 0 Å². The van der Waals surface area contributed by atoms with Crippen LogP contribution in [0.3, 0.4) is 0 Å². The van der Waals surface area contributed by atoms with Crippen LogP contribution in [0.1, 0.15) is 47.1 Å². The lowest BCUT2D eigenvalue weighted by atomic mass is 9.88. The first-order valence-corrected chi connectivity index (χ1v) is 8.19. The highest BCUT2D eigenvalue weighted by atomic mass is 15.5. The molecule has 0 saturated carbocycles. The minimum atomic E-state index is 0.0615. The zero-order valence-corrected chi connectivity index (χ0v) is 14.9. The summed E-state index contributed by atoms with van der Waals surface area (Å²) < 4.78 is 0. The minimum Gasteiger partial charge on any atom is -0.340 e. The van der Waals surface area contributed by atoms with Gasteiger partial charge >= 0.3 is 0 Å². The zero-order chi connectivity index (χ0) is 16.3. The van der Waals surface area contributed by atoms with Crippen LogP contribution in [0.2, 0.25) is 0 Å². The van der Waals surface area contributed by atoms with Crippen molar-refractivity contribution in [3.05, 3.63) is 53.4 Å². The fraction of sp³-hybridized carbons (Fsp3) is 0.500. The Bertz CT molecular complexity index is 659. The Kier molecular flexibility index (Phi) is 3.21. The number of para-hydroxylation sites is 1. The monoisotopic (exact) mass is 296 g/mol. The number of hydrogen-bond acceptors (Lipinski definition) is 2. The van der Waals surface area contributed by atoms with Gasteiger partial charge in [0.25, 0.3) is 0 Å². The maximum Gasteiger partial charge on any atom is 0.112 e. The van der Waals surface area contributed by atoms with Crippen molar-refractivity contribution in [1.29, 1.82) is 0 Å². The molecule has 0 aromatic heterocycles. The van der Waals surface area contributed by atoms with E-state index in [1.165, 1.54) is 22.6 Å². The van der Waals surface area contributed by atoms with Gasteiger partial charge in [-0.05, 0) is 45.4 Å². The van der Waals surface area contributed by atoms with E-state index in [0.29, 0.717) is 6.17 Å². The zero-order valence-electron chi connectivity index (χ0n) is 14.9. The molecule has 0 bridgehead atoms. The molecule has 0 saturated heterocycles. The summed E-state index contributed by atoms with van der Waals surface area (Å²) in [5, 5.41) is 0. The molecule has 2 aliphatic rings. The lowest BCUT2D eigenvalue weighted by Gasteiger charge is -2.47. The number of hydrogen-bond donors (Lipinski definition) is 0. The van der Waals surface area contributed by atoms with Gasteiger partial charge in [-0.2, -0.15) is 0 Å². The molecule has 2 heteroatoms. The number of nitrogens with zero attached hydrogens (tertiary/aromatic N) is 2. The van der Waals surface area contributed by atoms with E-state index >= 15 is 0 Å². The molecule has 0 radical (unpaired) electrons. The average molecular weight is 296 g/mol. The van der Waals surface area contributed by atoms with E-state index in [4.69, 9.17) is 0 Å². The standard InChI is InChI=1S/C20H28N2/c1-14-10-8-9-11-16(14)21-15(2)17-12-13-20(6,7)22(17)18(21)19(3,4)5/h8-13,18H,1-7H3. The van der Waals surface area contributed by atoms with Gasteiger partial charge in [-0.15, -0.1) is 0 Å². The Morgan fingerprint density at radius 2 is 1.68 bits per heavy atom. The third-order valence-electron chi connectivity index (χ3n) is 4.90. The van der Waals surface area contributed by atoms with Crippen molar-refractivity contribution >= 4 is 5.69 Å². The third-order valence-corrected chi connectivity index (χ3v) is 4.90. The minimum absolute atomic E-state index is 0.0615. The lowest BCUT2D eigenvalue weighted by Crippen LogP contribution is -2.54. The Morgan fingerprint density at radius 1 is 1.05 bits per heavy atom. The van der Waals surface area contributed by atoms with Gasteiger partial charge in [-0.1, -0.05) is 45.0 Å². The topological polar surface area (TPSA) is 6.48 Å². The molecule has 3 rings (SSSR count). The van der Waals surface area contributed by atoms with Crippen LogP contribution in [0.25, 0.3) is 0 Å². The second kappa shape index (κ2) is 4.65. The molecule has 118 valence electrons. The molecule has 0 aliphatic carbocycles. The predicted octanol–water partition coefficient (Wildman–Crippen LogP) is 5.07. The number of anilines is 1. The summed E-state index contributed by atoms with van der Waals surface area (Å²) in [6.45, 7) is 16.1. The van der Waals surface area contributed by atoms with Crippen LogP contribution >= 0.6 is 0 Å². The number of rotatable bonds is 1. The normalized spacial score (nSPS) is 23.5. The molecular formula is C20H28N2. The van der Waals surface area contributed by atoms with E-state index in [1.807, 2.05) is 0 Å². The van der Waals surface area contributed by atoms with Crippen LogP contribution in [0.15, 0.2) is 47.8 Å². The summed E-state index contributed by atoms with van der Waals surface area (Å²) in [7, 11) is 0. The molecule has 22 heavy (non-hydrogen) atoms. The van der Waals surface area contributed by atoms with Crippen LogP contribution in [0.4, 0.5) is 5.69 Å². The molecule has 0 fully saturated rings. The van der Waals surface area contributed by atoms with Gasteiger partial charge in [0.05, 0.1) is 11.2 Å². The maximum atomic E-state index is 2.59. The maximum absolute atomic E-state index is 2.59. The Morgan fingerprint density at radius 3 is 2.27 bits per heavy atom. The van der Waals surface area contributed by atoms with Crippen molar-refractivity contribution in [2.75, 3.05) is 4.90 Å². The quantitative estimate of drug-likeness (QED) is 0.714. The molecule has 2 nitrogen and oxygen atoms in total. The van der Waals surface area contributed by atoms with E-state index in [9.17, 15) is 0 Å². The lowest BCUT2D eigenvalue weighted by molar-refractivity contribution is 0.101. The van der Waals surface area contributed by atoms with Crippen LogP contribution < -0.4 is 4.90 Å². The molecule has 1 aromatic carbocycles. The average Bonchev–Trinajstić information content (AvgIpc) is 2.87. The second-order valence-corrected chi connectivity index (χ2v) is 8.22. The second-order valence-electron chi connectivity index (χ2n) is 8.22. The summed E-state index contributed by atoms with van der Waals surface area (Å²) in [6.07, 6.45) is 4.96. The van der Waals surface area contributed by atoms with Gasteiger partial charge in [0, 0.05) is 16.8 Å². The largest absolute Gasteiger partial charge is 0.340 e. The van der Waals surface area contributed by atoms with E-state index in [1.54, 1.807) is 0 Å². The fourth-order valence-corrected chi connectivity index (χ4v) is 3.84. The molecule has 1 aromatic rings. The van der Waals surface area contributed by atoms with Crippen molar-refractivity contribution in [2.45, 2.75) is 60.2 Å². The van der Waals surface area contributed by atoms with E-state index in [0.717, 1.165) is 0 Å². The summed E-state index contributed by atoms with van der Waals surface area (Å²) in [4.78, 5) is 5.13. The first-order chi connectivity index (χ1) is 10.1. The van der Waals surface area contributed by atoms with Crippen molar-refractivity contribution in [3.8, 4) is 0 Å². The number of aryl methyl sites for hydroxylation is 1. The smallest absolute Gasteiger partial charge is 0.112 e. The predicted molar refractivity (Wildman–Crippen MR) is 94.7 cm³/mol. The molecule has 1 unspecified atom stereocenters. The number of fused-ring (bicyclic) bond motifs is 1. The molecule has 0 amide bonds. The highest BCUT2D eigenvalue weighted by Gasteiger charge is 2.49. The van der Waals surface area contributed by atoms with Crippen LogP contribution in [-0.4, -0.2) is 16.6 Å². The highest BCUT2D eigenvalue weighted by Crippen LogP contribution is 2.48. The van der Waals surface area contributed by atoms with Gasteiger partial charge < -0.3 is 9.80 Å². The van der Waals surface area contributed by atoms with Crippen LogP contribution in [0, 0.1) is 12.3 Å². The van der Waals surface area contributed by atoms with E-state index in [2.05, 4.69) is 94.7 Å². The van der Waals surface area contributed by atoms with Crippen molar-refractivity contribution in [1.82, 2.24) is 4.90 Å². The van der Waals surface area contributed by atoms with E-state index in [-0.39, 0.29) is 11.0 Å². The summed E-state index contributed by atoms with van der Waals surface area (Å²) in [5.41, 5.74) is 5.59. The van der Waals surface area contributed by atoms with Gasteiger partial charge in [0.2, 0.25) is 0 Å². The SMILES string of the molecule is CC1=C2C=CC(C)(C)N2C(C(C)(C)C)N1c1ccccc1C. The van der Waals surface area contributed by atoms with Gasteiger partial charge in [-0.25, -0.2) is 0 Å². The van der Waals surface area contributed by atoms with E-state index < -0.39 is 0 Å². The number of allylic oxidation sites excluding steroid dienone is 2. The van der Waals surface area contributed by atoms with Crippen molar-refractivity contribution in [2.24, 2.45) is 5.41 Å². The molecule has 0 N–H and O–H groups in total. The first-order valence-electron chi connectivity index (χ1n) is 8.19. The Balaban J connectivity index is 2.19. The summed E-state index contributed by atoms with van der Waals surface area (Å²) >= 11 is 0. The molecule has 1 atom stereocenters. The van der Waals surface area contributed by atoms with Crippen molar-refractivity contribution in [3.63, 3.8) is 0 Å². The molecular weight excluding hydrogens is 268 g/mol. The molecule has 2 heterocycles. The third kappa shape index (κ3) is 2.08. The van der Waals surface area contributed by atoms with Crippen LogP contribution in [0.5, 0.6) is 0 Å². The Hall–Kier alpha value is -1.70. The number of benzene rings is 1. The Labute approximate surface area is 135 Å². The first kappa shape index (κ1) is 15.2. The summed E-state index contributed by atoms with van der Waals surface area (Å²) in [5.74, 6) is 0. The highest BCUT2D eigenvalue weighted by molar-refractivity contribution is 5.63. The fourth-order valence-electron chi connectivity index (χ4n) is 3.84. The van der Waals surface area contributed by atoms with Gasteiger partial charge in [-0.3, -0.25) is 0 Å².